The lowest BCUT2D eigenvalue weighted by Crippen LogP contribution is -2.36. The number of nitrogens with zero attached hydrogens (tertiary/aromatic N) is 2. The van der Waals surface area contributed by atoms with Gasteiger partial charge in [0.1, 0.15) is 11.6 Å². The normalized spacial score (nSPS) is 14.7. The van der Waals surface area contributed by atoms with Crippen molar-refractivity contribution in [1.82, 2.24) is 9.88 Å². The maximum atomic E-state index is 14.1. The number of halogens is 1. The van der Waals surface area contributed by atoms with Crippen LogP contribution >= 0.6 is 0 Å². The van der Waals surface area contributed by atoms with Crippen LogP contribution in [0.25, 0.3) is 10.9 Å². The molecule has 0 unspecified atom stereocenters. The largest absolute Gasteiger partial charge is 0.497 e. The summed E-state index contributed by atoms with van der Waals surface area (Å²) in [5.41, 5.74) is 0.268. The number of piperidine rings is 1. The topological polar surface area (TPSA) is 76.6 Å². The number of hydrogen-bond acceptors (Lipinski definition) is 5. The number of carbonyl (C=O) groups is 1. The molecule has 30 heavy (non-hydrogen) atoms. The Balaban J connectivity index is 1.94. The smallest absolute Gasteiger partial charge is 0.256 e. The van der Waals surface area contributed by atoms with Crippen molar-refractivity contribution in [3.63, 3.8) is 0 Å². The van der Waals surface area contributed by atoms with Gasteiger partial charge in [0.25, 0.3) is 5.91 Å². The van der Waals surface area contributed by atoms with E-state index >= 15 is 0 Å². The Morgan fingerprint density at radius 3 is 2.43 bits per heavy atom. The Morgan fingerprint density at radius 1 is 1.07 bits per heavy atom. The molecule has 3 aromatic rings. The van der Waals surface area contributed by atoms with Crippen molar-refractivity contribution in [3.8, 4) is 5.75 Å². The Morgan fingerprint density at radius 2 is 1.77 bits per heavy atom. The number of rotatable bonds is 4. The van der Waals surface area contributed by atoms with E-state index in [0.717, 1.165) is 25.3 Å². The second-order valence-corrected chi connectivity index (χ2v) is 9.08. The Labute approximate surface area is 174 Å². The van der Waals surface area contributed by atoms with Crippen LogP contribution in [0, 0.1) is 5.82 Å². The number of pyridine rings is 1. The third-order valence-corrected chi connectivity index (χ3v) is 7.16. The molecule has 1 saturated heterocycles. The van der Waals surface area contributed by atoms with Gasteiger partial charge in [0.2, 0.25) is 9.84 Å². The Hall–Kier alpha value is -3.00. The van der Waals surface area contributed by atoms with Gasteiger partial charge in [-0.25, -0.2) is 12.8 Å². The number of sulfone groups is 1. The minimum absolute atomic E-state index is 0.00671. The van der Waals surface area contributed by atoms with E-state index in [9.17, 15) is 17.6 Å². The minimum Gasteiger partial charge on any atom is -0.497 e. The minimum atomic E-state index is -4.13. The van der Waals surface area contributed by atoms with Gasteiger partial charge in [0.15, 0.2) is 0 Å². The molecule has 6 nitrogen and oxygen atoms in total. The van der Waals surface area contributed by atoms with Crippen molar-refractivity contribution in [2.45, 2.75) is 29.1 Å². The summed E-state index contributed by atoms with van der Waals surface area (Å²) in [7, 11) is -2.65. The van der Waals surface area contributed by atoms with Crippen LogP contribution in [0.1, 0.15) is 29.6 Å². The van der Waals surface area contributed by atoms with E-state index in [1.807, 2.05) is 0 Å². The van der Waals surface area contributed by atoms with E-state index in [0.29, 0.717) is 24.4 Å². The van der Waals surface area contributed by atoms with Crippen molar-refractivity contribution >= 4 is 26.6 Å². The van der Waals surface area contributed by atoms with Crippen molar-refractivity contribution in [3.05, 3.63) is 60.0 Å². The number of aromatic nitrogens is 1. The molecule has 2 heterocycles. The van der Waals surface area contributed by atoms with E-state index in [-0.39, 0.29) is 20.7 Å². The lowest BCUT2D eigenvalue weighted by Gasteiger charge is -2.27. The molecule has 156 valence electrons. The molecule has 0 saturated carbocycles. The molecule has 0 bridgehead atoms. The van der Waals surface area contributed by atoms with Crippen LogP contribution in [0.15, 0.2) is 58.5 Å². The van der Waals surface area contributed by atoms with Gasteiger partial charge >= 0.3 is 0 Å². The van der Waals surface area contributed by atoms with Gasteiger partial charge in [0, 0.05) is 24.7 Å². The fourth-order valence-corrected chi connectivity index (χ4v) is 5.34. The van der Waals surface area contributed by atoms with Crippen LogP contribution in [0.2, 0.25) is 0 Å². The molecule has 0 spiro atoms. The summed E-state index contributed by atoms with van der Waals surface area (Å²) in [6, 6.07) is 9.62. The number of fused-ring (bicyclic) bond motifs is 1. The molecule has 0 aliphatic carbocycles. The molecule has 0 N–H and O–H groups in total. The molecule has 2 aromatic carbocycles. The van der Waals surface area contributed by atoms with Crippen LogP contribution < -0.4 is 4.74 Å². The van der Waals surface area contributed by atoms with E-state index < -0.39 is 21.6 Å². The summed E-state index contributed by atoms with van der Waals surface area (Å²) in [4.78, 5) is 18.9. The van der Waals surface area contributed by atoms with Crippen LogP contribution in [-0.2, 0) is 9.84 Å². The standard InChI is InChI=1S/C22H21FN2O4S/c1-29-16-6-8-17(9-7-16)30(27,28)21-18-13-15(23)5-10-20(18)24-14-19(21)22(26)25-11-3-2-4-12-25/h5-10,13-14H,2-4,11-12H2,1H3. The molecule has 0 radical (unpaired) electrons. The van der Waals surface area contributed by atoms with Gasteiger partial charge in [-0.2, -0.15) is 0 Å². The summed E-state index contributed by atoms with van der Waals surface area (Å²) >= 11 is 0. The number of likely N-dealkylation sites (tertiary alicyclic amines) is 1. The summed E-state index contributed by atoms with van der Waals surface area (Å²) in [6.07, 6.45) is 4.04. The summed E-state index contributed by atoms with van der Waals surface area (Å²) < 4.78 is 46.4. The molecule has 1 amide bonds. The molecule has 1 aliphatic rings. The fraction of sp³-hybridized carbons (Fsp3) is 0.273. The van der Waals surface area contributed by atoms with E-state index in [1.165, 1.54) is 49.7 Å². The first-order chi connectivity index (χ1) is 14.4. The second-order valence-electron chi connectivity index (χ2n) is 7.19. The predicted octanol–water partition coefficient (Wildman–Crippen LogP) is 3.84. The number of hydrogen-bond donors (Lipinski definition) is 0. The quantitative estimate of drug-likeness (QED) is 0.631. The van der Waals surface area contributed by atoms with E-state index in [4.69, 9.17) is 4.74 Å². The highest BCUT2D eigenvalue weighted by atomic mass is 32.2. The molecule has 0 atom stereocenters. The Kier molecular flexibility index (Phi) is 5.42. The van der Waals surface area contributed by atoms with Gasteiger partial charge in [-0.3, -0.25) is 9.78 Å². The number of ether oxygens (including phenoxy) is 1. The maximum Gasteiger partial charge on any atom is 0.256 e. The van der Waals surface area contributed by atoms with Crippen LogP contribution in [-0.4, -0.2) is 44.4 Å². The molecule has 4 rings (SSSR count). The van der Waals surface area contributed by atoms with Gasteiger partial charge in [0.05, 0.1) is 28.0 Å². The van der Waals surface area contributed by atoms with Crippen LogP contribution in [0.3, 0.4) is 0 Å². The highest BCUT2D eigenvalue weighted by Crippen LogP contribution is 2.33. The van der Waals surface area contributed by atoms with Gasteiger partial charge < -0.3 is 9.64 Å². The zero-order chi connectivity index (χ0) is 21.3. The molecule has 1 aromatic heterocycles. The average molecular weight is 428 g/mol. The van der Waals surface area contributed by atoms with Crippen molar-refractivity contribution in [2.24, 2.45) is 0 Å². The Bertz CT molecular complexity index is 1200. The van der Waals surface area contributed by atoms with E-state index in [1.54, 1.807) is 4.90 Å². The maximum absolute atomic E-state index is 14.1. The number of methoxy groups -OCH3 is 1. The fourth-order valence-electron chi connectivity index (χ4n) is 3.72. The number of carbonyl (C=O) groups excluding carboxylic acids is 1. The lowest BCUT2D eigenvalue weighted by atomic mass is 10.1. The van der Waals surface area contributed by atoms with Gasteiger partial charge in [-0.05, 0) is 61.7 Å². The third-order valence-electron chi connectivity index (χ3n) is 5.29. The number of benzene rings is 2. The SMILES string of the molecule is COc1ccc(S(=O)(=O)c2c(C(=O)N3CCCCC3)cnc3ccc(F)cc23)cc1. The highest BCUT2D eigenvalue weighted by Gasteiger charge is 2.30. The van der Waals surface area contributed by atoms with Crippen LogP contribution in [0.4, 0.5) is 4.39 Å². The predicted molar refractivity (Wildman–Crippen MR) is 110 cm³/mol. The molecule has 8 heteroatoms. The second kappa shape index (κ2) is 8.02. The lowest BCUT2D eigenvalue weighted by molar-refractivity contribution is 0.0720. The molecule has 1 fully saturated rings. The zero-order valence-corrected chi connectivity index (χ0v) is 17.3. The van der Waals surface area contributed by atoms with Crippen molar-refractivity contribution < 1.29 is 22.3 Å². The summed E-state index contributed by atoms with van der Waals surface area (Å²) in [6.45, 7) is 1.12. The van der Waals surface area contributed by atoms with E-state index in [2.05, 4.69) is 4.98 Å². The van der Waals surface area contributed by atoms with Gasteiger partial charge in [-0.1, -0.05) is 0 Å². The first kappa shape index (κ1) is 20.3. The average Bonchev–Trinajstić information content (AvgIpc) is 2.78. The highest BCUT2D eigenvalue weighted by molar-refractivity contribution is 7.91. The first-order valence-electron chi connectivity index (χ1n) is 9.68. The molecular weight excluding hydrogens is 407 g/mol. The van der Waals surface area contributed by atoms with Crippen molar-refractivity contribution in [1.29, 1.82) is 0 Å². The summed E-state index contributed by atoms with van der Waals surface area (Å²) in [5, 5.41) is 0.0914. The molecular formula is C22H21FN2O4S. The first-order valence-corrected chi connectivity index (χ1v) is 11.2. The van der Waals surface area contributed by atoms with Crippen LogP contribution in [0.5, 0.6) is 5.75 Å². The zero-order valence-electron chi connectivity index (χ0n) is 16.5. The van der Waals surface area contributed by atoms with Gasteiger partial charge in [-0.15, -0.1) is 0 Å². The molecule has 1 aliphatic heterocycles. The van der Waals surface area contributed by atoms with Crippen molar-refractivity contribution in [2.75, 3.05) is 20.2 Å². The third kappa shape index (κ3) is 3.63. The monoisotopic (exact) mass is 428 g/mol. The summed E-state index contributed by atoms with van der Waals surface area (Å²) in [5.74, 6) is -0.498. The number of amides is 1.